The Kier molecular flexibility index (Phi) is 4.91. The van der Waals surface area contributed by atoms with Gasteiger partial charge in [0.05, 0.1) is 11.9 Å². The molecule has 0 aliphatic heterocycles. The first-order valence-electron chi connectivity index (χ1n) is 3.06. The molecular weight excluding hydrogens is 158 g/mol. The van der Waals surface area contributed by atoms with Gasteiger partial charge in [0.2, 0.25) is 0 Å². The molecule has 0 spiro atoms. The van der Waals surface area contributed by atoms with Crippen LogP contribution in [0.3, 0.4) is 0 Å². The molecule has 1 aromatic rings. The second-order valence-corrected chi connectivity index (χ2v) is 1.71. The monoisotopic (exact) mass is 167 g/mol. The fraction of sp³-hybridized carbons (Fsp3) is 0. The standard InChI is InChI=1S/C6H5NO2.CH4N2/c8-6(9)5-2-1-3-7-4-5;2-1-3/h1-4H,(H,8,9);1H,(H3,2,3). The van der Waals surface area contributed by atoms with Crippen LogP contribution in [0.15, 0.2) is 24.5 Å². The number of pyridine rings is 1. The Labute approximate surface area is 69.4 Å². The van der Waals surface area contributed by atoms with Crippen molar-refractivity contribution in [2.75, 3.05) is 0 Å². The van der Waals surface area contributed by atoms with Crippen molar-refractivity contribution in [3.05, 3.63) is 30.1 Å². The first kappa shape index (κ1) is 10.1. The first-order valence-corrected chi connectivity index (χ1v) is 3.06. The van der Waals surface area contributed by atoms with Crippen molar-refractivity contribution in [3.63, 3.8) is 0 Å². The number of nitrogens with zero attached hydrogens (tertiary/aromatic N) is 1. The summed E-state index contributed by atoms with van der Waals surface area (Å²) < 4.78 is 0. The highest BCUT2D eigenvalue weighted by molar-refractivity contribution is 5.86. The Morgan fingerprint density at radius 3 is 2.58 bits per heavy atom. The third-order valence-corrected chi connectivity index (χ3v) is 0.908. The molecule has 1 rings (SSSR count). The minimum absolute atomic E-state index is 0.220. The molecule has 0 aliphatic rings. The van der Waals surface area contributed by atoms with Gasteiger partial charge in [0.1, 0.15) is 0 Å². The van der Waals surface area contributed by atoms with Crippen LogP contribution in [0.1, 0.15) is 10.4 Å². The Hall–Kier alpha value is -1.91. The molecule has 12 heavy (non-hydrogen) atoms. The van der Waals surface area contributed by atoms with Crippen LogP contribution in [-0.2, 0) is 0 Å². The quantitative estimate of drug-likeness (QED) is 0.414. The number of hydrogen-bond acceptors (Lipinski definition) is 3. The van der Waals surface area contributed by atoms with Gasteiger partial charge in [-0.2, -0.15) is 0 Å². The Morgan fingerprint density at radius 1 is 1.75 bits per heavy atom. The maximum Gasteiger partial charge on any atom is 0.337 e. The van der Waals surface area contributed by atoms with E-state index >= 15 is 0 Å². The van der Waals surface area contributed by atoms with Crippen molar-refractivity contribution >= 4 is 12.3 Å². The zero-order valence-electron chi connectivity index (χ0n) is 6.27. The van der Waals surface area contributed by atoms with Crippen LogP contribution in [0.5, 0.6) is 0 Å². The maximum atomic E-state index is 10.2. The summed E-state index contributed by atoms with van der Waals surface area (Å²) in [6.07, 6.45) is 3.59. The molecule has 0 fully saturated rings. The molecule has 1 heterocycles. The molecule has 0 atom stereocenters. The Bertz CT molecular complexity index is 248. The number of nitrogens with two attached hydrogens (primary N) is 1. The number of carbonyl (C=O) groups is 1. The molecule has 0 saturated carbocycles. The van der Waals surface area contributed by atoms with Gasteiger partial charge in [-0.05, 0) is 12.1 Å². The summed E-state index contributed by atoms with van der Waals surface area (Å²) in [5.74, 6) is -0.942. The molecule has 4 N–H and O–H groups in total. The molecule has 0 radical (unpaired) electrons. The molecule has 0 saturated heterocycles. The predicted octanol–water partition coefficient (Wildman–Crippen LogP) is 0.332. The molecule has 0 aliphatic carbocycles. The van der Waals surface area contributed by atoms with E-state index in [0.717, 1.165) is 6.34 Å². The van der Waals surface area contributed by atoms with Crippen molar-refractivity contribution in [1.82, 2.24) is 4.98 Å². The van der Waals surface area contributed by atoms with Gasteiger partial charge in [-0.1, -0.05) is 0 Å². The van der Waals surface area contributed by atoms with Crippen LogP contribution < -0.4 is 5.73 Å². The molecule has 5 heteroatoms. The normalized spacial score (nSPS) is 7.67. The second kappa shape index (κ2) is 5.84. The summed E-state index contributed by atoms with van der Waals surface area (Å²) in [6, 6.07) is 3.08. The van der Waals surface area contributed by atoms with Crippen LogP contribution >= 0.6 is 0 Å². The van der Waals surface area contributed by atoms with Crippen LogP contribution in [0.2, 0.25) is 0 Å². The molecule has 5 nitrogen and oxygen atoms in total. The van der Waals surface area contributed by atoms with Gasteiger partial charge in [0.15, 0.2) is 0 Å². The fourth-order valence-electron chi connectivity index (χ4n) is 0.489. The van der Waals surface area contributed by atoms with Gasteiger partial charge in [0.25, 0.3) is 0 Å². The predicted molar refractivity (Wildman–Crippen MR) is 44.2 cm³/mol. The van der Waals surface area contributed by atoms with Crippen LogP contribution in [0, 0.1) is 5.41 Å². The number of carboxylic acids is 1. The number of carboxylic acid groups (broad SMARTS) is 1. The van der Waals surface area contributed by atoms with E-state index in [-0.39, 0.29) is 5.56 Å². The van der Waals surface area contributed by atoms with Gasteiger partial charge >= 0.3 is 5.97 Å². The largest absolute Gasteiger partial charge is 0.478 e. The van der Waals surface area contributed by atoms with Crippen molar-refractivity contribution in [2.24, 2.45) is 5.73 Å². The Balaban J connectivity index is 0.000000354. The molecule has 0 amide bonds. The number of hydrogen-bond donors (Lipinski definition) is 3. The molecule has 64 valence electrons. The first-order chi connectivity index (χ1) is 5.72. The number of aromatic carboxylic acids is 1. The molecular formula is C7H9N3O2. The lowest BCUT2D eigenvalue weighted by Crippen LogP contribution is -1.94. The lowest BCUT2D eigenvalue weighted by Gasteiger charge is -1.87. The van der Waals surface area contributed by atoms with E-state index in [2.05, 4.69) is 10.7 Å². The average Bonchev–Trinajstić information content (AvgIpc) is 2.07. The van der Waals surface area contributed by atoms with E-state index in [1.165, 1.54) is 18.5 Å². The molecule has 0 aromatic carbocycles. The topological polar surface area (TPSA) is 100 Å². The second-order valence-electron chi connectivity index (χ2n) is 1.71. The van der Waals surface area contributed by atoms with E-state index in [1.54, 1.807) is 6.07 Å². The lowest BCUT2D eigenvalue weighted by molar-refractivity contribution is 0.0696. The molecule has 1 aromatic heterocycles. The van der Waals surface area contributed by atoms with Crippen molar-refractivity contribution in [2.45, 2.75) is 0 Å². The molecule has 0 unspecified atom stereocenters. The zero-order chi connectivity index (χ0) is 9.40. The van der Waals surface area contributed by atoms with Gasteiger partial charge < -0.3 is 10.8 Å². The number of rotatable bonds is 1. The van der Waals surface area contributed by atoms with E-state index in [1.807, 2.05) is 0 Å². The summed E-state index contributed by atoms with van der Waals surface area (Å²) in [5.41, 5.74) is 4.61. The van der Waals surface area contributed by atoms with Gasteiger partial charge in [-0.15, -0.1) is 0 Å². The SMILES string of the molecule is N=CN.O=C(O)c1cccnc1. The van der Waals surface area contributed by atoms with Crippen LogP contribution in [0.4, 0.5) is 0 Å². The van der Waals surface area contributed by atoms with E-state index in [9.17, 15) is 4.79 Å². The summed E-state index contributed by atoms with van der Waals surface area (Å²) in [7, 11) is 0. The van der Waals surface area contributed by atoms with Crippen LogP contribution in [0.25, 0.3) is 0 Å². The lowest BCUT2D eigenvalue weighted by atomic mass is 10.3. The number of nitrogens with one attached hydrogen (secondary N) is 1. The summed E-state index contributed by atoms with van der Waals surface area (Å²) in [6.45, 7) is 0. The van der Waals surface area contributed by atoms with Crippen molar-refractivity contribution in [1.29, 1.82) is 5.41 Å². The Morgan fingerprint density at radius 2 is 2.33 bits per heavy atom. The summed E-state index contributed by atoms with van der Waals surface area (Å²) in [4.78, 5) is 13.8. The van der Waals surface area contributed by atoms with E-state index in [4.69, 9.17) is 10.5 Å². The zero-order valence-corrected chi connectivity index (χ0v) is 6.27. The number of aromatic nitrogens is 1. The smallest absolute Gasteiger partial charge is 0.337 e. The third-order valence-electron chi connectivity index (χ3n) is 0.908. The highest BCUT2D eigenvalue weighted by Gasteiger charge is 1.97. The third kappa shape index (κ3) is 3.99. The van der Waals surface area contributed by atoms with Gasteiger partial charge in [-0.25, -0.2) is 4.79 Å². The van der Waals surface area contributed by atoms with E-state index < -0.39 is 5.97 Å². The maximum absolute atomic E-state index is 10.2. The van der Waals surface area contributed by atoms with Crippen molar-refractivity contribution < 1.29 is 9.90 Å². The highest BCUT2D eigenvalue weighted by Crippen LogP contribution is 1.92. The summed E-state index contributed by atoms with van der Waals surface area (Å²) >= 11 is 0. The van der Waals surface area contributed by atoms with Gasteiger partial charge in [0, 0.05) is 12.4 Å². The minimum atomic E-state index is -0.942. The van der Waals surface area contributed by atoms with Gasteiger partial charge in [-0.3, -0.25) is 10.4 Å². The van der Waals surface area contributed by atoms with Crippen molar-refractivity contribution in [3.8, 4) is 0 Å². The molecule has 0 bridgehead atoms. The van der Waals surface area contributed by atoms with Crippen LogP contribution in [-0.4, -0.2) is 22.4 Å². The average molecular weight is 167 g/mol. The summed E-state index contributed by atoms with van der Waals surface area (Å²) in [5, 5.41) is 14.2. The highest BCUT2D eigenvalue weighted by atomic mass is 16.4. The minimum Gasteiger partial charge on any atom is -0.478 e. The van der Waals surface area contributed by atoms with E-state index in [0.29, 0.717) is 0 Å². The fourth-order valence-corrected chi connectivity index (χ4v) is 0.489.